The van der Waals surface area contributed by atoms with Gasteiger partial charge in [-0.1, -0.05) is 60.7 Å². The van der Waals surface area contributed by atoms with Gasteiger partial charge in [0.15, 0.2) is 11.6 Å². The topological polar surface area (TPSA) is 131 Å². The summed E-state index contributed by atoms with van der Waals surface area (Å²) in [6, 6.07) is 43.1. The predicted octanol–water partition coefficient (Wildman–Crippen LogP) is 7.92. The molecular weight excluding hydrogens is 733 g/mol. The van der Waals surface area contributed by atoms with Crippen molar-refractivity contribution >= 4 is 33.1 Å². The van der Waals surface area contributed by atoms with Crippen LogP contribution < -0.4 is 31.7 Å². The minimum Gasteiger partial charge on any atom is -0.457 e. The highest BCUT2D eigenvalue weighted by Crippen LogP contribution is 2.28. The Morgan fingerprint density at radius 2 is 0.586 bits per heavy atom. The molecule has 276 valence electrons. The van der Waals surface area contributed by atoms with E-state index in [1.54, 1.807) is 109 Å². The Morgan fingerprint density at radius 3 is 0.914 bits per heavy atom. The lowest BCUT2D eigenvalue weighted by atomic mass is 9.97. The highest BCUT2D eigenvalue weighted by molar-refractivity contribution is 6.10. The first-order valence-electron chi connectivity index (χ1n) is 18.2. The summed E-state index contributed by atoms with van der Waals surface area (Å²) in [5.41, 5.74) is 1.48. The maximum Gasteiger partial charge on any atom is 0.266 e. The molecule has 0 unspecified atom stereocenters. The van der Waals surface area contributed by atoms with Crippen molar-refractivity contribution in [2.24, 2.45) is 0 Å². The van der Waals surface area contributed by atoms with Crippen LogP contribution in [0.4, 0.5) is 0 Å². The first-order valence-corrected chi connectivity index (χ1v) is 18.2. The molecular formula is C48H26N2O8. The average Bonchev–Trinajstić information content (AvgIpc) is 3.65. The fourth-order valence-corrected chi connectivity index (χ4v) is 7.40. The molecule has 2 aromatic heterocycles. The third kappa shape index (κ3) is 5.67. The molecule has 0 amide bonds. The number of hydrogen-bond acceptors (Lipinski definition) is 8. The van der Waals surface area contributed by atoms with Crippen LogP contribution in [0.3, 0.4) is 0 Å². The van der Waals surface area contributed by atoms with E-state index < -0.39 is 22.2 Å². The van der Waals surface area contributed by atoms with Crippen molar-refractivity contribution < 1.29 is 19.1 Å². The highest BCUT2D eigenvalue weighted by atomic mass is 16.5. The molecule has 10 nitrogen and oxygen atoms in total. The van der Waals surface area contributed by atoms with Crippen molar-refractivity contribution in [2.45, 2.75) is 0 Å². The number of carbonyl (C=O) groups excluding carboxylic acids is 2. The van der Waals surface area contributed by atoms with Crippen molar-refractivity contribution in [1.29, 1.82) is 0 Å². The number of aromatic nitrogens is 2. The van der Waals surface area contributed by atoms with Gasteiger partial charge in [0, 0.05) is 34.4 Å². The molecule has 0 aliphatic carbocycles. The van der Waals surface area contributed by atoms with Gasteiger partial charge >= 0.3 is 0 Å². The van der Waals surface area contributed by atoms with Crippen LogP contribution >= 0.6 is 0 Å². The van der Waals surface area contributed by atoms with Crippen molar-refractivity contribution in [3.05, 3.63) is 221 Å². The minimum absolute atomic E-state index is 0.00876. The number of ether oxygens (including phenoxy) is 2. The van der Waals surface area contributed by atoms with E-state index in [-0.39, 0.29) is 44.5 Å². The Morgan fingerprint density at radius 1 is 0.293 bits per heavy atom. The summed E-state index contributed by atoms with van der Waals surface area (Å²) in [4.78, 5) is 81.9. The molecule has 7 aromatic carbocycles. The molecule has 10 heterocycles. The fraction of sp³-hybridized carbons (Fsp3) is 0. The lowest BCUT2D eigenvalue weighted by Crippen LogP contribution is -2.24. The summed E-state index contributed by atoms with van der Waals surface area (Å²) in [6.45, 7) is 0. The number of fused-ring (bicyclic) bond motifs is 2. The van der Waals surface area contributed by atoms with Gasteiger partial charge in [-0.3, -0.25) is 28.8 Å². The van der Waals surface area contributed by atoms with E-state index in [2.05, 4.69) is 0 Å². The van der Waals surface area contributed by atoms with Crippen molar-refractivity contribution in [3.63, 3.8) is 0 Å². The van der Waals surface area contributed by atoms with E-state index in [0.717, 1.165) is 20.3 Å². The zero-order valence-corrected chi connectivity index (χ0v) is 30.2. The standard InChI is InChI=1S/C48H26N2O8/c51-43-29-11-7-27(8-12-29)28-9-13-30(14-10-28)44(52)32-17-21-36(22-18-32)58-38-6-2-4-34(24-38)50-47(55)41-25-39-40(26-42(41)48(50)56)46(54)49(45(39)53)33-3-1-5-37(23-33)57-35-19-15-31(43)16-20-35/h1-26H. The highest BCUT2D eigenvalue weighted by Gasteiger charge is 2.22. The van der Waals surface area contributed by atoms with Crippen LogP contribution in [0.2, 0.25) is 0 Å². The maximum atomic E-state index is 13.8. The predicted molar refractivity (Wildman–Crippen MR) is 219 cm³/mol. The van der Waals surface area contributed by atoms with Crippen LogP contribution in [0.25, 0.3) is 44.0 Å². The van der Waals surface area contributed by atoms with Gasteiger partial charge in [0.1, 0.15) is 23.0 Å². The lowest BCUT2D eigenvalue weighted by molar-refractivity contribution is 0.103. The third-order valence-electron chi connectivity index (χ3n) is 10.4. The van der Waals surface area contributed by atoms with Gasteiger partial charge in [-0.05, 0) is 96.1 Å². The molecule has 0 N–H and O–H groups in total. The number of benzene rings is 7. The van der Waals surface area contributed by atoms with Gasteiger partial charge in [-0.2, -0.15) is 0 Å². The number of nitrogens with zero attached hydrogens (tertiary/aromatic N) is 2. The molecule has 8 aliphatic heterocycles. The molecule has 58 heavy (non-hydrogen) atoms. The van der Waals surface area contributed by atoms with Crippen LogP contribution in [0.1, 0.15) is 31.8 Å². The largest absolute Gasteiger partial charge is 0.457 e. The molecule has 0 fully saturated rings. The van der Waals surface area contributed by atoms with Crippen molar-refractivity contribution in [1.82, 2.24) is 9.13 Å². The summed E-state index contributed by atoms with van der Waals surface area (Å²) in [6.07, 6.45) is 0. The zero-order valence-electron chi connectivity index (χ0n) is 30.2. The molecule has 0 saturated heterocycles. The van der Waals surface area contributed by atoms with Crippen LogP contribution in [-0.2, 0) is 0 Å². The molecule has 8 aliphatic rings. The Kier molecular flexibility index (Phi) is 7.80. The van der Waals surface area contributed by atoms with Crippen molar-refractivity contribution in [3.8, 4) is 45.5 Å². The maximum absolute atomic E-state index is 13.8. The van der Waals surface area contributed by atoms with Crippen LogP contribution in [0.5, 0.6) is 23.0 Å². The van der Waals surface area contributed by atoms with Gasteiger partial charge in [-0.15, -0.1) is 0 Å². The van der Waals surface area contributed by atoms with Gasteiger partial charge < -0.3 is 9.47 Å². The first-order chi connectivity index (χ1) is 28.2. The second-order valence-electron chi connectivity index (χ2n) is 13.9. The third-order valence-corrected chi connectivity index (χ3v) is 10.4. The van der Waals surface area contributed by atoms with E-state index in [9.17, 15) is 28.8 Å². The molecule has 10 heteroatoms. The second-order valence-corrected chi connectivity index (χ2v) is 13.9. The van der Waals surface area contributed by atoms with Gasteiger partial charge in [-0.25, -0.2) is 9.13 Å². The quantitative estimate of drug-likeness (QED) is 0.153. The van der Waals surface area contributed by atoms with Gasteiger partial charge in [0.25, 0.3) is 22.2 Å². The smallest absolute Gasteiger partial charge is 0.266 e. The summed E-state index contributed by atoms with van der Waals surface area (Å²) in [5, 5.41) is -0.0350. The molecule has 9 aromatic rings. The average molecular weight is 759 g/mol. The molecule has 18 bridgehead atoms. The monoisotopic (exact) mass is 758 g/mol. The normalized spacial score (nSPS) is 12.4. The number of ketones is 2. The molecule has 0 atom stereocenters. The summed E-state index contributed by atoms with van der Waals surface area (Å²) < 4.78 is 14.1. The lowest BCUT2D eigenvalue weighted by Gasteiger charge is -2.09. The number of carbonyl (C=O) groups is 2. The Bertz CT molecular complexity index is 3070. The van der Waals surface area contributed by atoms with E-state index in [1.807, 2.05) is 24.3 Å². The Labute approximate surface area is 327 Å². The van der Waals surface area contributed by atoms with Crippen molar-refractivity contribution in [2.75, 3.05) is 0 Å². The number of rotatable bonds is 0. The van der Waals surface area contributed by atoms with Gasteiger partial charge in [0.2, 0.25) is 0 Å². The summed E-state index contributed by atoms with van der Waals surface area (Å²) in [5.74, 6) is 1.13. The summed E-state index contributed by atoms with van der Waals surface area (Å²) >= 11 is 0. The minimum atomic E-state index is -0.656. The SMILES string of the molecule is O=C1c2ccc(cc2)Oc2cccc(c2)-n2c(=O)c3cc4c(=O)n(c(=O)c4cc3c2=O)-c2cccc(c2)Oc2ccc(cc2)C(=O)c2ccc(cc2)-c2ccc1cc2. The summed E-state index contributed by atoms with van der Waals surface area (Å²) in [7, 11) is 0. The second kappa shape index (κ2) is 13.2. The van der Waals surface area contributed by atoms with E-state index in [4.69, 9.17) is 9.47 Å². The zero-order chi connectivity index (χ0) is 39.7. The first kappa shape index (κ1) is 34.3. The Hall–Kier alpha value is -8.24. The van der Waals surface area contributed by atoms with Gasteiger partial charge in [0.05, 0.1) is 32.9 Å². The van der Waals surface area contributed by atoms with E-state index in [0.29, 0.717) is 45.3 Å². The molecule has 0 saturated carbocycles. The fourth-order valence-electron chi connectivity index (χ4n) is 7.40. The molecule has 0 spiro atoms. The number of hydrogen-bond donors (Lipinski definition) is 0. The van der Waals surface area contributed by atoms with Crippen LogP contribution in [-0.4, -0.2) is 20.7 Å². The van der Waals surface area contributed by atoms with Crippen LogP contribution in [0.15, 0.2) is 177 Å². The molecule has 17 rings (SSSR count). The van der Waals surface area contributed by atoms with E-state index >= 15 is 0 Å². The van der Waals surface area contributed by atoms with Crippen LogP contribution in [0, 0.1) is 0 Å². The molecule has 0 radical (unpaired) electrons. The Balaban J connectivity index is 1.08. The van der Waals surface area contributed by atoms with E-state index in [1.165, 1.54) is 24.3 Å².